The molecule has 158 valence electrons. The van der Waals surface area contributed by atoms with Crippen LogP contribution in [0, 0.1) is 0 Å². The third-order valence-electron chi connectivity index (χ3n) is 5.92. The molecule has 0 bridgehead atoms. The highest BCUT2D eigenvalue weighted by molar-refractivity contribution is 7.11. The number of rotatable bonds is 4. The largest absolute Gasteiger partial charge is 0.334 e. The molecule has 8 heteroatoms. The van der Waals surface area contributed by atoms with Crippen LogP contribution in [0.15, 0.2) is 60.1 Å². The van der Waals surface area contributed by atoms with Crippen LogP contribution in [0.25, 0.3) is 11.3 Å². The van der Waals surface area contributed by atoms with Gasteiger partial charge in [-0.25, -0.2) is 9.97 Å². The van der Waals surface area contributed by atoms with Crippen molar-refractivity contribution in [3.63, 3.8) is 0 Å². The highest BCUT2D eigenvalue weighted by atomic mass is 32.1. The third kappa shape index (κ3) is 4.08. The van der Waals surface area contributed by atoms with Crippen molar-refractivity contribution in [2.45, 2.75) is 12.5 Å². The number of hydrogen-bond donors (Lipinski definition) is 0. The highest BCUT2D eigenvalue weighted by Gasteiger charge is 2.37. The first-order valence-electron chi connectivity index (χ1n) is 10.4. The van der Waals surface area contributed by atoms with Crippen molar-refractivity contribution >= 4 is 29.0 Å². The fourth-order valence-electron chi connectivity index (χ4n) is 4.25. The first-order valence-corrected chi connectivity index (χ1v) is 11.3. The summed E-state index contributed by atoms with van der Waals surface area (Å²) in [5.74, 6) is 0.802. The minimum atomic E-state index is 0.000650. The van der Waals surface area contributed by atoms with E-state index >= 15 is 0 Å². The lowest BCUT2D eigenvalue weighted by Crippen LogP contribution is -2.52. The second-order valence-electron chi connectivity index (χ2n) is 7.77. The number of nitrogens with zero attached hydrogens (tertiary/aromatic N) is 5. The maximum absolute atomic E-state index is 12.8. The number of thiazole rings is 1. The van der Waals surface area contributed by atoms with Crippen LogP contribution >= 0.6 is 11.3 Å². The summed E-state index contributed by atoms with van der Waals surface area (Å²) in [7, 11) is 0. The molecule has 0 spiro atoms. The van der Waals surface area contributed by atoms with E-state index < -0.39 is 0 Å². The van der Waals surface area contributed by atoms with Gasteiger partial charge in [0.05, 0.1) is 5.69 Å². The zero-order valence-electron chi connectivity index (χ0n) is 17.1. The summed E-state index contributed by atoms with van der Waals surface area (Å²) in [4.78, 5) is 40.2. The fraction of sp³-hybridized carbons (Fsp3) is 0.304. The van der Waals surface area contributed by atoms with E-state index in [4.69, 9.17) is 4.98 Å². The van der Waals surface area contributed by atoms with Crippen LogP contribution in [0.1, 0.15) is 16.2 Å². The molecule has 0 aliphatic carbocycles. The molecule has 1 atom stereocenters. The quantitative estimate of drug-likeness (QED) is 0.633. The predicted octanol–water partition coefficient (Wildman–Crippen LogP) is 2.77. The molecule has 2 saturated heterocycles. The van der Waals surface area contributed by atoms with E-state index in [1.165, 1.54) is 11.3 Å². The number of carbonyl (C=O) groups is 2. The Kier molecular flexibility index (Phi) is 5.48. The number of anilines is 1. The predicted molar refractivity (Wildman–Crippen MR) is 120 cm³/mol. The Labute approximate surface area is 185 Å². The Morgan fingerprint density at radius 1 is 1.00 bits per heavy atom. The van der Waals surface area contributed by atoms with Gasteiger partial charge in [0.25, 0.3) is 5.91 Å². The second kappa shape index (κ2) is 8.56. The van der Waals surface area contributed by atoms with Crippen molar-refractivity contribution in [1.29, 1.82) is 0 Å². The molecule has 1 aromatic carbocycles. The molecule has 2 aromatic heterocycles. The monoisotopic (exact) mass is 433 g/mol. The molecular weight excluding hydrogens is 410 g/mol. The number of hydrogen-bond acceptors (Lipinski definition) is 6. The van der Waals surface area contributed by atoms with Gasteiger partial charge in [-0.1, -0.05) is 36.4 Å². The van der Waals surface area contributed by atoms with Gasteiger partial charge < -0.3 is 4.90 Å². The first-order chi connectivity index (χ1) is 15.2. The van der Waals surface area contributed by atoms with Gasteiger partial charge in [0.2, 0.25) is 5.91 Å². The summed E-state index contributed by atoms with van der Waals surface area (Å²) in [6.45, 7) is 3.47. The van der Waals surface area contributed by atoms with Crippen LogP contribution in [-0.2, 0) is 4.79 Å². The topological polar surface area (TPSA) is 69.6 Å². The molecular formula is C23H23N5O2S. The number of pyridine rings is 1. The van der Waals surface area contributed by atoms with Gasteiger partial charge in [-0.2, -0.15) is 0 Å². The van der Waals surface area contributed by atoms with Crippen LogP contribution in [0.4, 0.5) is 5.82 Å². The zero-order chi connectivity index (χ0) is 21.2. The molecule has 31 heavy (non-hydrogen) atoms. The van der Waals surface area contributed by atoms with Crippen molar-refractivity contribution in [3.05, 3.63) is 65.1 Å². The van der Waals surface area contributed by atoms with Crippen molar-refractivity contribution in [2.75, 3.05) is 37.6 Å². The summed E-state index contributed by atoms with van der Waals surface area (Å²) < 4.78 is 0. The van der Waals surface area contributed by atoms with Gasteiger partial charge in [-0.15, -0.1) is 11.3 Å². The molecule has 1 unspecified atom stereocenters. The third-order valence-corrected chi connectivity index (χ3v) is 6.68. The maximum atomic E-state index is 12.8. The summed E-state index contributed by atoms with van der Waals surface area (Å²) in [5.41, 5.74) is 1.90. The van der Waals surface area contributed by atoms with Crippen LogP contribution < -0.4 is 4.90 Å². The van der Waals surface area contributed by atoms with Crippen LogP contribution in [0.3, 0.4) is 0 Å². The summed E-state index contributed by atoms with van der Waals surface area (Å²) >= 11 is 1.37. The molecule has 2 fully saturated rings. The number of aromatic nitrogens is 2. The molecule has 5 rings (SSSR count). The molecule has 2 aliphatic rings. The van der Waals surface area contributed by atoms with Gasteiger partial charge in [-0.3, -0.25) is 19.4 Å². The average Bonchev–Trinajstić information content (AvgIpc) is 3.50. The van der Waals surface area contributed by atoms with E-state index in [1.54, 1.807) is 11.1 Å². The smallest absolute Gasteiger partial charge is 0.282 e. The van der Waals surface area contributed by atoms with Crippen molar-refractivity contribution < 1.29 is 9.59 Å². The Balaban J connectivity index is 1.24. The van der Waals surface area contributed by atoms with Gasteiger partial charge in [-0.05, 0) is 12.1 Å². The van der Waals surface area contributed by atoms with Gasteiger partial charge in [0.1, 0.15) is 5.82 Å². The SMILES string of the molecule is O=C(c1nccs1)N1CCN(C2CC(=O)N(c3cccc(-c4ccccc4)n3)C2)CC1. The van der Waals surface area contributed by atoms with Gasteiger partial charge >= 0.3 is 0 Å². The van der Waals surface area contributed by atoms with Crippen LogP contribution in [-0.4, -0.2) is 70.3 Å². The molecule has 4 heterocycles. The summed E-state index contributed by atoms with van der Waals surface area (Å²) in [6.07, 6.45) is 2.14. The standard InChI is InChI=1S/C23H23N5O2S/c29-21-15-18(26-10-12-27(13-11-26)23(30)22-24-9-14-31-22)16-28(21)20-8-4-7-19(25-20)17-5-2-1-3-6-17/h1-9,14,18H,10-13,15-16H2. The first kappa shape index (κ1) is 19.8. The van der Waals surface area contributed by atoms with E-state index in [-0.39, 0.29) is 17.9 Å². The molecule has 2 aliphatic heterocycles. The number of carbonyl (C=O) groups excluding carboxylic acids is 2. The van der Waals surface area contributed by atoms with E-state index in [0.29, 0.717) is 36.9 Å². The highest BCUT2D eigenvalue weighted by Crippen LogP contribution is 2.26. The minimum Gasteiger partial charge on any atom is -0.334 e. The van der Waals surface area contributed by atoms with Gasteiger partial charge in [0, 0.05) is 62.3 Å². The molecule has 0 radical (unpaired) electrons. The maximum Gasteiger partial charge on any atom is 0.282 e. The zero-order valence-corrected chi connectivity index (χ0v) is 17.9. The average molecular weight is 434 g/mol. The Morgan fingerprint density at radius 2 is 1.81 bits per heavy atom. The van der Waals surface area contributed by atoms with E-state index in [2.05, 4.69) is 9.88 Å². The number of benzene rings is 1. The van der Waals surface area contributed by atoms with Crippen molar-refractivity contribution in [1.82, 2.24) is 19.8 Å². The summed E-state index contributed by atoms with van der Waals surface area (Å²) in [5, 5.41) is 2.36. The molecule has 0 N–H and O–H groups in total. The Hall–Kier alpha value is -3.10. The summed E-state index contributed by atoms with van der Waals surface area (Å²) in [6, 6.07) is 16.0. The normalized spacial score (nSPS) is 19.7. The van der Waals surface area contributed by atoms with Crippen molar-refractivity contribution in [2.24, 2.45) is 0 Å². The van der Waals surface area contributed by atoms with Gasteiger partial charge in [0.15, 0.2) is 5.01 Å². The van der Waals surface area contributed by atoms with E-state index in [1.807, 2.05) is 58.8 Å². The van der Waals surface area contributed by atoms with E-state index in [9.17, 15) is 9.59 Å². The molecule has 3 aromatic rings. The molecule has 2 amide bonds. The van der Waals surface area contributed by atoms with Crippen molar-refractivity contribution in [3.8, 4) is 11.3 Å². The lowest BCUT2D eigenvalue weighted by Gasteiger charge is -2.37. The Bertz CT molecular complexity index is 1060. The fourth-order valence-corrected chi connectivity index (χ4v) is 4.85. The van der Waals surface area contributed by atoms with Crippen LogP contribution in [0.2, 0.25) is 0 Å². The second-order valence-corrected chi connectivity index (χ2v) is 8.67. The molecule has 7 nitrogen and oxygen atoms in total. The van der Waals surface area contributed by atoms with Crippen LogP contribution in [0.5, 0.6) is 0 Å². The Morgan fingerprint density at radius 3 is 2.55 bits per heavy atom. The van der Waals surface area contributed by atoms with E-state index in [0.717, 1.165) is 24.3 Å². The lowest BCUT2D eigenvalue weighted by molar-refractivity contribution is -0.117. The number of piperazine rings is 1. The minimum absolute atomic E-state index is 0.000650. The lowest BCUT2D eigenvalue weighted by atomic mass is 10.1. The molecule has 0 saturated carbocycles. The number of amides is 2.